The molecule has 2 aromatic heterocycles. The van der Waals surface area contributed by atoms with Crippen molar-refractivity contribution in [1.29, 1.82) is 0 Å². The van der Waals surface area contributed by atoms with Crippen LogP contribution in [0.15, 0.2) is 44.1 Å². The van der Waals surface area contributed by atoms with Gasteiger partial charge < -0.3 is 9.15 Å². The zero-order valence-corrected chi connectivity index (χ0v) is 13.1. The van der Waals surface area contributed by atoms with Crippen LogP contribution in [0, 0.1) is 6.92 Å². The van der Waals surface area contributed by atoms with E-state index < -0.39 is 11.9 Å². The van der Waals surface area contributed by atoms with E-state index in [2.05, 4.69) is 25.7 Å². The Labute approximate surface area is 135 Å². The van der Waals surface area contributed by atoms with E-state index in [0.29, 0.717) is 21.6 Å². The van der Waals surface area contributed by atoms with E-state index in [9.17, 15) is 18.0 Å². The summed E-state index contributed by atoms with van der Waals surface area (Å²) >= 11 is 3.29. The molecule has 0 amide bonds. The second-order valence-corrected chi connectivity index (χ2v) is 5.46. The van der Waals surface area contributed by atoms with Gasteiger partial charge in [-0.3, -0.25) is 9.36 Å². The van der Waals surface area contributed by atoms with Gasteiger partial charge in [-0.1, -0.05) is 0 Å². The Kier molecular flexibility index (Phi) is 3.67. The molecule has 0 aliphatic carbocycles. The predicted molar refractivity (Wildman–Crippen MR) is 78.7 cm³/mol. The van der Waals surface area contributed by atoms with Crippen LogP contribution in [-0.4, -0.2) is 15.9 Å². The van der Waals surface area contributed by atoms with Crippen LogP contribution in [0.4, 0.5) is 13.2 Å². The third-order valence-corrected chi connectivity index (χ3v) is 3.54. The van der Waals surface area contributed by atoms with Crippen molar-refractivity contribution in [3.8, 4) is 11.4 Å². The first kappa shape index (κ1) is 15.6. The molecule has 0 aliphatic rings. The van der Waals surface area contributed by atoms with Gasteiger partial charge in [-0.2, -0.15) is 0 Å². The summed E-state index contributed by atoms with van der Waals surface area (Å²) in [6.45, 7) is 1.61. The van der Waals surface area contributed by atoms with E-state index in [1.807, 2.05) is 0 Å². The number of hydrogen-bond acceptors (Lipinski definition) is 4. The third-order valence-electron chi connectivity index (χ3n) is 2.96. The van der Waals surface area contributed by atoms with Crippen molar-refractivity contribution in [2.24, 2.45) is 0 Å². The van der Waals surface area contributed by atoms with Crippen LogP contribution in [0.25, 0.3) is 16.8 Å². The van der Waals surface area contributed by atoms with Gasteiger partial charge in [0.15, 0.2) is 5.89 Å². The number of hydrogen-bond donors (Lipinski definition) is 0. The molecule has 0 unspecified atom stereocenters. The smallest absolute Gasteiger partial charge is 0.435 e. The maximum Gasteiger partial charge on any atom is 0.573 e. The average Bonchev–Trinajstić information content (AvgIpc) is 2.85. The molecule has 0 fully saturated rings. The largest absolute Gasteiger partial charge is 0.573 e. The summed E-state index contributed by atoms with van der Waals surface area (Å²) in [4.78, 5) is 16.5. The molecule has 0 saturated carbocycles. The first-order chi connectivity index (χ1) is 10.7. The van der Waals surface area contributed by atoms with Crippen LogP contribution in [0.5, 0.6) is 5.75 Å². The van der Waals surface area contributed by atoms with Crippen molar-refractivity contribution in [3.63, 3.8) is 0 Å². The summed E-state index contributed by atoms with van der Waals surface area (Å²) in [5.74, 6) is -0.0329. The number of alkyl halides is 3. The van der Waals surface area contributed by atoms with Gasteiger partial charge in [0.2, 0.25) is 5.58 Å². The maximum absolute atomic E-state index is 12.4. The molecule has 0 bridgehead atoms. The highest BCUT2D eigenvalue weighted by Crippen LogP contribution is 2.25. The molecule has 5 nitrogen and oxygen atoms in total. The molecule has 0 N–H and O–H groups in total. The molecule has 2 heterocycles. The Hall–Kier alpha value is -2.29. The quantitative estimate of drug-likeness (QED) is 0.666. The minimum absolute atomic E-state index is 0.0625. The number of pyridine rings is 1. The van der Waals surface area contributed by atoms with Gasteiger partial charge in [0.05, 0.1) is 4.47 Å². The average molecular weight is 389 g/mol. The summed E-state index contributed by atoms with van der Waals surface area (Å²) in [6, 6.07) is 4.92. The molecule has 0 radical (unpaired) electrons. The number of nitrogens with zero attached hydrogens (tertiary/aromatic N) is 2. The van der Waals surface area contributed by atoms with Crippen molar-refractivity contribution >= 4 is 27.0 Å². The molecular formula is C14H8BrF3N2O3. The van der Waals surface area contributed by atoms with E-state index >= 15 is 0 Å². The molecular weight excluding hydrogens is 381 g/mol. The third kappa shape index (κ3) is 3.09. The second kappa shape index (κ2) is 5.41. The summed E-state index contributed by atoms with van der Waals surface area (Å²) in [5, 5.41) is 0. The van der Waals surface area contributed by atoms with Crippen molar-refractivity contribution < 1.29 is 22.3 Å². The monoisotopic (exact) mass is 388 g/mol. The van der Waals surface area contributed by atoms with Gasteiger partial charge in [0, 0.05) is 18.8 Å². The van der Waals surface area contributed by atoms with Gasteiger partial charge in [0.1, 0.15) is 11.3 Å². The minimum atomic E-state index is -4.77. The summed E-state index contributed by atoms with van der Waals surface area (Å²) in [7, 11) is 0. The van der Waals surface area contributed by atoms with Gasteiger partial charge in [-0.05, 0) is 40.2 Å². The lowest BCUT2D eigenvalue weighted by atomic mass is 10.3. The highest BCUT2D eigenvalue weighted by molar-refractivity contribution is 9.10. The van der Waals surface area contributed by atoms with E-state index in [1.165, 1.54) is 22.9 Å². The van der Waals surface area contributed by atoms with Crippen LogP contribution in [-0.2, 0) is 0 Å². The van der Waals surface area contributed by atoms with Gasteiger partial charge >= 0.3 is 6.36 Å². The molecule has 0 spiro atoms. The van der Waals surface area contributed by atoms with E-state index in [0.717, 1.165) is 12.1 Å². The van der Waals surface area contributed by atoms with Gasteiger partial charge in [0.25, 0.3) is 5.56 Å². The standard InChI is InChI=1S/C14H8BrF3N2O3/c1-7-19-11-10(15)6-20(13(21)12(11)22-7)8-2-4-9(5-3-8)23-14(16,17)18/h2-6H,1H3. The molecule has 0 atom stereocenters. The lowest BCUT2D eigenvalue weighted by Crippen LogP contribution is -2.18. The van der Waals surface area contributed by atoms with Crippen molar-refractivity contribution in [3.05, 3.63) is 51.2 Å². The number of oxazole rings is 1. The summed E-state index contributed by atoms with van der Waals surface area (Å²) < 4.78 is 47.3. The molecule has 23 heavy (non-hydrogen) atoms. The molecule has 9 heteroatoms. The Morgan fingerprint density at radius 3 is 2.52 bits per heavy atom. The lowest BCUT2D eigenvalue weighted by molar-refractivity contribution is -0.274. The summed E-state index contributed by atoms with van der Waals surface area (Å²) in [6.07, 6.45) is -3.29. The lowest BCUT2D eigenvalue weighted by Gasteiger charge is -2.10. The summed E-state index contributed by atoms with van der Waals surface area (Å²) in [5.41, 5.74) is 0.350. The number of aromatic nitrogens is 2. The first-order valence-electron chi connectivity index (χ1n) is 6.29. The van der Waals surface area contributed by atoms with E-state index in [-0.39, 0.29) is 11.3 Å². The molecule has 1 aromatic carbocycles. The van der Waals surface area contributed by atoms with Crippen LogP contribution in [0.3, 0.4) is 0 Å². The fourth-order valence-electron chi connectivity index (χ4n) is 2.08. The molecule has 0 aliphatic heterocycles. The van der Waals surface area contributed by atoms with E-state index in [4.69, 9.17) is 4.42 Å². The van der Waals surface area contributed by atoms with Crippen LogP contribution in [0.1, 0.15) is 5.89 Å². The van der Waals surface area contributed by atoms with Crippen molar-refractivity contribution in [2.75, 3.05) is 0 Å². The fourth-order valence-corrected chi connectivity index (χ4v) is 2.55. The Balaban J connectivity index is 2.07. The zero-order chi connectivity index (χ0) is 16.8. The topological polar surface area (TPSA) is 57.3 Å². The SMILES string of the molecule is Cc1nc2c(Br)cn(-c3ccc(OC(F)(F)F)cc3)c(=O)c2o1. The molecule has 3 aromatic rings. The first-order valence-corrected chi connectivity index (χ1v) is 7.08. The number of rotatable bonds is 2. The van der Waals surface area contributed by atoms with Crippen LogP contribution >= 0.6 is 15.9 Å². The Bertz CT molecular complexity index is 929. The van der Waals surface area contributed by atoms with Crippen LogP contribution < -0.4 is 10.3 Å². The van der Waals surface area contributed by atoms with Crippen LogP contribution in [0.2, 0.25) is 0 Å². The van der Waals surface area contributed by atoms with E-state index in [1.54, 1.807) is 6.92 Å². The second-order valence-electron chi connectivity index (χ2n) is 4.60. The van der Waals surface area contributed by atoms with Crippen molar-refractivity contribution in [1.82, 2.24) is 9.55 Å². The Morgan fingerprint density at radius 1 is 1.26 bits per heavy atom. The van der Waals surface area contributed by atoms with Crippen molar-refractivity contribution in [2.45, 2.75) is 13.3 Å². The van der Waals surface area contributed by atoms with Gasteiger partial charge in [-0.15, -0.1) is 13.2 Å². The predicted octanol–water partition coefficient (Wildman–Crippen LogP) is 3.95. The fraction of sp³-hybridized carbons (Fsp3) is 0.143. The van der Waals surface area contributed by atoms with Gasteiger partial charge in [-0.25, -0.2) is 4.98 Å². The molecule has 120 valence electrons. The number of benzene rings is 1. The number of halogens is 4. The maximum atomic E-state index is 12.4. The zero-order valence-electron chi connectivity index (χ0n) is 11.5. The number of aryl methyl sites for hydroxylation is 1. The highest BCUT2D eigenvalue weighted by Gasteiger charge is 2.31. The number of fused-ring (bicyclic) bond motifs is 1. The number of ether oxygens (including phenoxy) is 1. The molecule has 3 rings (SSSR count). The normalized spacial score (nSPS) is 11.9. The molecule has 0 saturated heterocycles. The highest BCUT2D eigenvalue weighted by atomic mass is 79.9. The Morgan fingerprint density at radius 2 is 1.91 bits per heavy atom. The minimum Gasteiger partial charge on any atom is -0.435 e.